The molecular weight excluding hydrogens is 488 g/mol. The van der Waals surface area contributed by atoms with Crippen molar-refractivity contribution < 1.29 is 49.8 Å². The Balaban J connectivity index is 1.37. The number of hydrogen-bond donors (Lipinski definition) is 6. The number of likely N-dealkylation sites (tertiary alicyclic amines) is 1. The first kappa shape index (κ1) is 26.2. The van der Waals surface area contributed by atoms with Gasteiger partial charge in [-0.25, -0.2) is 0 Å². The number of rotatable bonds is 5. The molecule has 2 heterocycles. The van der Waals surface area contributed by atoms with Gasteiger partial charge in [-0.15, -0.1) is 0 Å². The Kier molecular flexibility index (Phi) is 7.33. The highest BCUT2D eigenvalue weighted by atomic mass is 16.8. The van der Waals surface area contributed by atoms with E-state index < -0.39 is 79.1 Å². The fourth-order valence-electron chi connectivity index (χ4n) is 6.24. The molecule has 6 N–H and O–H groups in total. The van der Waals surface area contributed by atoms with E-state index in [0.717, 1.165) is 5.56 Å². The average Bonchev–Trinajstić information content (AvgIpc) is 3.14. The number of imide groups is 1. The number of oxime groups is 1. The van der Waals surface area contributed by atoms with Crippen LogP contribution in [0.5, 0.6) is 0 Å². The zero-order valence-electron chi connectivity index (χ0n) is 20.0. The van der Waals surface area contributed by atoms with E-state index in [1.807, 2.05) is 30.3 Å². The smallest absolute Gasteiger partial charge is 0.256 e. The third-order valence-corrected chi connectivity index (χ3v) is 8.18. The van der Waals surface area contributed by atoms with Crippen molar-refractivity contribution in [2.24, 2.45) is 28.8 Å². The number of aliphatic hydroxyl groups is 6. The first-order valence-corrected chi connectivity index (χ1v) is 12.5. The van der Waals surface area contributed by atoms with Gasteiger partial charge in [0.1, 0.15) is 24.4 Å². The van der Waals surface area contributed by atoms with E-state index in [9.17, 15) is 40.2 Å². The summed E-state index contributed by atoms with van der Waals surface area (Å²) in [5.41, 5.74) is 1.14. The number of benzene rings is 1. The van der Waals surface area contributed by atoms with Gasteiger partial charge in [0.2, 0.25) is 11.8 Å². The molecule has 0 spiro atoms. The molecule has 4 fully saturated rings. The fourth-order valence-corrected chi connectivity index (χ4v) is 6.24. The topological polar surface area (TPSA) is 190 Å². The van der Waals surface area contributed by atoms with E-state index in [0.29, 0.717) is 18.6 Å². The summed E-state index contributed by atoms with van der Waals surface area (Å²) in [4.78, 5) is 33.2. The van der Waals surface area contributed by atoms with Gasteiger partial charge in [-0.05, 0) is 18.4 Å². The Morgan fingerprint density at radius 2 is 1.62 bits per heavy atom. The minimum absolute atomic E-state index is 0.0625. The van der Waals surface area contributed by atoms with E-state index in [1.54, 1.807) is 0 Å². The van der Waals surface area contributed by atoms with Crippen molar-refractivity contribution in [3.05, 3.63) is 35.9 Å². The fraction of sp³-hybridized carbons (Fsp3) is 0.640. The van der Waals surface area contributed by atoms with Crippen molar-refractivity contribution >= 4 is 17.5 Å². The normalized spacial score (nSPS) is 43.0. The average molecular weight is 521 g/mol. The summed E-state index contributed by atoms with van der Waals surface area (Å²) in [6, 6.07) is 9.14. The first-order valence-electron chi connectivity index (χ1n) is 12.5. The Labute approximate surface area is 212 Å². The Bertz CT molecular complexity index is 1040. The van der Waals surface area contributed by atoms with E-state index in [1.165, 1.54) is 4.90 Å². The van der Waals surface area contributed by atoms with E-state index in [2.05, 4.69) is 5.16 Å². The van der Waals surface area contributed by atoms with Crippen molar-refractivity contribution in [1.29, 1.82) is 0 Å². The molecule has 2 amide bonds. The maximum absolute atomic E-state index is 13.5. The molecule has 37 heavy (non-hydrogen) atoms. The number of amides is 2. The molecule has 5 rings (SSSR count). The van der Waals surface area contributed by atoms with Gasteiger partial charge in [0, 0.05) is 18.3 Å². The molecule has 0 aromatic heterocycles. The minimum Gasteiger partial charge on any atom is -0.394 e. The van der Waals surface area contributed by atoms with Gasteiger partial charge in [-0.1, -0.05) is 35.5 Å². The lowest BCUT2D eigenvalue weighted by Gasteiger charge is -2.45. The monoisotopic (exact) mass is 520 g/mol. The van der Waals surface area contributed by atoms with Crippen LogP contribution < -0.4 is 0 Å². The third-order valence-electron chi connectivity index (χ3n) is 8.18. The second kappa shape index (κ2) is 10.4. The van der Waals surface area contributed by atoms with Crippen LogP contribution >= 0.6 is 0 Å². The molecule has 12 nitrogen and oxygen atoms in total. The summed E-state index contributed by atoms with van der Waals surface area (Å²) in [6.07, 6.45) is -9.30. The number of fused-ring (bicyclic) bond motifs is 3. The van der Waals surface area contributed by atoms with Crippen LogP contribution in [-0.2, 0) is 25.7 Å². The maximum atomic E-state index is 13.5. The number of carbonyl (C=O) groups excluding carboxylic acids is 2. The summed E-state index contributed by atoms with van der Waals surface area (Å²) >= 11 is 0. The molecule has 0 radical (unpaired) electrons. The van der Waals surface area contributed by atoms with Crippen LogP contribution in [0.15, 0.2) is 35.5 Å². The molecule has 0 unspecified atom stereocenters. The molecule has 1 aromatic carbocycles. The van der Waals surface area contributed by atoms with Gasteiger partial charge >= 0.3 is 0 Å². The van der Waals surface area contributed by atoms with Gasteiger partial charge in [0.25, 0.3) is 6.29 Å². The quantitative estimate of drug-likeness (QED) is 0.189. The zero-order valence-corrected chi connectivity index (χ0v) is 20.0. The number of nitrogens with zero attached hydrogens (tertiary/aromatic N) is 2. The molecule has 0 bridgehead atoms. The van der Waals surface area contributed by atoms with Crippen molar-refractivity contribution in [2.45, 2.75) is 68.7 Å². The lowest BCUT2D eigenvalue weighted by atomic mass is 9.60. The standard InChI is InChI=1S/C25H32N2O10/c28-10-16-20(31)21(32)22(33)25(36-16)37-26-14-8-15(29)19(30)17-12(14)6-7-13-18(17)24(35)27(23(13)34)9-11-4-2-1-3-5-11/h1-5,12-13,15-22,25,28-33H,6-10H2/t12-,13+,15+,16+,17-,18+,19+,20+,21-,22+,25-/m0/s1. The summed E-state index contributed by atoms with van der Waals surface area (Å²) in [7, 11) is 0. The second-order valence-electron chi connectivity index (χ2n) is 10.3. The highest BCUT2D eigenvalue weighted by Crippen LogP contribution is 2.50. The van der Waals surface area contributed by atoms with Crippen LogP contribution in [-0.4, -0.2) is 103 Å². The van der Waals surface area contributed by atoms with Gasteiger partial charge in [-0.2, -0.15) is 0 Å². The van der Waals surface area contributed by atoms with Crippen LogP contribution in [0, 0.1) is 23.7 Å². The predicted molar refractivity (Wildman–Crippen MR) is 124 cm³/mol. The number of hydrogen-bond acceptors (Lipinski definition) is 11. The van der Waals surface area contributed by atoms with E-state index in [4.69, 9.17) is 9.57 Å². The predicted octanol–water partition coefficient (Wildman–Crippen LogP) is -1.89. The highest BCUT2D eigenvalue weighted by molar-refractivity contribution is 6.06. The molecular formula is C25H32N2O10. The van der Waals surface area contributed by atoms with Crippen molar-refractivity contribution in [3.63, 3.8) is 0 Å². The molecule has 2 saturated carbocycles. The molecule has 202 valence electrons. The Morgan fingerprint density at radius 3 is 2.32 bits per heavy atom. The molecule has 2 saturated heterocycles. The zero-order chi connectivity index (χ0) is 26.4. The van der Waals surface area contributed by atoms with Crippen LogP contribution in [0.25, 0.3) is 0 Å². The van der Waals surface area contributed by atoms with Gasteiger partial charge in [-0.3, -0.25) is 14.5 Å². The summed E-state index contributed by atoms with van der Waals surface area (Å²) in [5.74, 6) is -3.35. The number of carbonyl (C=O) groups is 2. The molecule has 1 aromatic rings. The highest BCUT2D eigenvalue weighted by Gasteiger charge is 2.59. The molecule has 2 aliphatic heterocycles. The Hall–Kier alpha value is -2.45. The van der Waals surface area contributed by atoms with Crippen LogP contribution in [0.1, 0.15) is 24.8 Å². The lowest BCUT2D eigenvalue weighted by molar-refractivity contribution is -0.301. The molecule has 11 atom stereocenters. The lowest BCUT2D eigenvalue weighted by Crippen LogP contribution is -2.59. The third kappa shape index (κ3) is 4.56. The van der Waals surface area contributed by atoms with Gasteiger partial charge < -0.3 is 40.2 Å². The van der Waals surface area contributed by atoms with Crippen LogP contribution in [0.2, 0.25) is 0 Å². The number of ether oxygens (including phenoxy) is 1. The van der Waals surface area contributed by atoms with Gasteiger partial charge in [0.15, 0.2) is 0 Å². The summed E-state index contributed by atoms with van der Waals surface area (Å²) in [6.45, 7) is -0.502. The maximum Gasteiger partial charge on any atom is 0.256 e. The van der Waals surface area contributed by atoms with E-state index in [-0.39, 0.29) is 18.9 Å². The molecule has 2 aliphatic carbocycles. The van der Waals surface area contributed by atoms with Crippen LogP contribution in [0.4, 0.5) is 0 Å². The minimum atomic E-state index is -1.66. The van der Waals surface area contributed by atoms with Crippen LogP contribution in [0.3, 0.4) is 0 Å². The Morgan fingerprint density at radius 1 is 0.919 bits per heavy atom. The SMILES string of the molecule is O=C1[C@H]2[C@H]3[C@H](O)[C@H](O)CC(=NO[C@@H]4O[C@H](CO)[C@@H](O)[C@H](O)[C@H]4O)[C@@H]3CC[C@H]2C(=O)N1Cc1ccccc1. The number of aliphatic hydroxyl groups excluding tert-OH is 6. The van der Waals surface area contributed by atoms with Gasteiger partial charge in [0.05, 0.1) is 42.9 Å². The first-order chi connectivity index (χ1) is 17.7. The summed E-state index contributed by atoms with van der Waals surface area (Å²) < 4.78 is 5.32. The largest absolute Gasteiger partial charge is 0.394 e. The second-order valence-corrected chi connectivity index (χ2v) is 10.3. The van der Waals surface area contributed by atoms with Crippen molar-refractivity contribution in [2.75, 3.05) is 6.61 Å². The molecule has 4 aliphatic rings. The van der Waals surface area contributed by atoms with Crippen molar-refractivity contribution in [1.82, 2.24) is 4.90 Å². The van der Waals surface area contributed by atoms with E-state index >= 15 is 0 Å². The summed E-state index contributed by atoms with van der Waals surface area (Å²) in [5, 5.41) is 65.2. The van der Waals surface area contributed by atoms with Crippen molar-refractivity contribution in [3.8, 4) is 0 Å². The molecule has 12 heteroatoms.